The van der Waals surface area contributed by atoms with Crippen LogP contribution in [-0.2, 0) is 4.79 Å². The number of H-pyrrole nitrogens is 1. The molecule has 0 aliphatic carbocycles. The summed E-state index contributed by atoms with van der Waals surface area (Å²) >= 11 is 1.30. The average Bonchev–Trinajstić information content (AvgIpc) is 3.34. The molecule has 10 heteroatoms. The van der Waals surface area contributed by atoms with Gasteiger partial charge in [-0.1, -0.05) is 0 Å². The van der Waals surface area contributed by atoms with E-state index in [4.69, 9.17) is 0 Å². The van der Waals surface area contributed by atoms with E-state index < -0.39 is 5.97 Å². The number of carboxylic acid groups (broad SMARTS) is 1. The second-order valence-electron chi connectivity index (χ2n) is 6.89. The van der Waals surface area contributed by atoms with Gasteiger partial charge in [0, 0.05) is 32.3 Å². The van der Waals surface area contributed by atoms with Crippen LogP contribution in [0.4, 0.5) is 0 Å². The Hall–Kier alpha value is -3.27. The SMILES string of the molecule is CC(=O)NC1CCN(C(=O)c2ccc(-c3cnc4[nH]cc(C(=O)O)c4n3)s2)CC1. The molecule has 0 spiro atoms. The molecule has 2 amide bonds. The normalized spacial score (nSPS) is 14.9. The van der Waals surface area contributed by atoms with Crippen molar-refractivity contribution < 1.29 is 19.5 Å². The zero-order valence-electron chi connectivity index (χ0n) is 15.6. The molecule has 0 saturated carbocycles. The van der Waals surface area contributed by atoms with Crippen molar-refractivity contribution in [1.82, 2.24) is 25.2 Å². The van der Waals surface area contributed by atoms with Gasteiger partial charge in [0.05, 0.1) is 21.6 Å². The minimum atomic E-state index is -1.08. The van der Waals surface area contributed by atoms with Gasteiger partial charge in [0.15, 0.2) is 5.65 Å². The third kappa shape index (κ3) is 3.83. The fourth-order valence-electron chi connectivity index (χ4n) is 3.43. The first-order valence-corrected chi connectivity index (χ1v) is 9.98. The van der Waals surface area contributed by atoms with Gasteiger partial charge in [-0.15, -0.1) is 11.3 Å². The lowest BCUT2D eigenvalue weighted by Gasteiger charge is -2.31. The lowest BCUT2D eigenvalue weighted by Crippen LogP contribution is -2.45. The van der Waals surface area contributed by atoms with Gasteiger partial charge in [-0.2, -0.15) is 0 Å². The number of nitrogens with zero attached hydrogens (tertiary/aromatic N) is 3. The fraction of sp³-hybridized carbons (Fsp3) is 0.316. The van der Waals surface area contributed by atoms with Crippen LogP contribution in [-0.4, -0.2) is 61.9 Å². The number of piperidine rings is 1. The van der Waals surface area contributed by atoms with Crippen molar-refractivity contribution in [3.63, 3.8) is 0 Å². The van der Waals surface area contributed by atoms with Gasteiger partial charge < -0.3 is 20.3 Å². The van der Waals surface area contributed by atoms with Crippen LogP contribution in [0, 0.1) is 0 Å². The lowest BCUT2D eigenvalue weighted by atomic mass is 10.0. The van der Waals surface area contributed by atoms with Crippen molar-refractivity contribution >= 4 is 40.3 Å². The van der Waals surface area contributed by atoms with Crippen LogP contribution >= 0.6 is 11.3 Å². The molecule has 9 nitrogen and oxygen atoms in total. The van der Waals surface area contributed by atoms with Gasteiger partial charge in [0.1, 0.15) is 11.1 Å². The monoisotopic (exact) mass is 413 g/mol. The van der Waals surface area contributed by atoms with Crippen molar-refractivity contribution in [2.24, 2.45) is 0 Å². The summed E-state index contributed by atoms with van der Waals surface area (Å²) in [6, 6.07) is 3.66. The first kappa shape index (κ1) is 19.1. The summed E-state index contributed by atoms with van der Waals surface area (Å²) in [5.41, 5.74) is 1.27. The van der Waals surface area contributed by atoms with Crippen LogP contribution < -0.4 is 5.32 Å². The van der Waals surface area contributed by atoms with E-state index in [1.807, 2.05) is 0 Å². The number of nitrogens with one attached hydrogen (secondary N) is 2. The molecular formula is C19H19N5O4S. The number of hydrogen-bond donors (Lipinski definition) is 3. The highest BCUT2D eigenvalue weighted by Gasteiger charge is 2.25. The predicted molar refractivity (Wildman–Crippen MR) is 107 cm³/mol. The number of amides is 2. The molecule has 1 aliphatic heterocycles. The summed E-state index contributed by atoms with van der Waals surface area (Å²) in [6.45, 7) is 2.68. The summed E-state index contributed by atoms with van der Waals surface area (Å²) in [5, 5.41) is 12.2. The van der Waals surface area contributed by atoms with E-state index in [2.05, 4.69) is 20.3 Å². The van der Waals surface area contributed by atoms with E-state index in [-0.39, 0.29) is 28.9 Å². The van der Waals surface area contributed by atoms with E-state index in [0.29, 0.717) is 29.3 Å². The number of aromatic carboxylic acids is 1. The average molecular weight is 413 g/mol. The largest absolute Gasteiger partial charge is 0.478 e. The van der Waals surface area contributed by atoms with Gasteiger partial charge in [0.2, 0.25) is 5.91 Å². The molecular weight excluding hydrogens is 394 g/mol. The molecule has 4 heterocycles. The summed E-state index contributed by atoms with van der Waals surface area (Å²) in [4.78, 5) is 49.9. The molecule has 3 aromatic heterocycles. The quantitative estimate of drug-likeness (QED) is 0.601. The zero-order chi connectivity index (χ0) is 20.5. The highest BCUT2D eigenvalue weighted by Crippen LogP contribution is 2.29. The molecule has 3 N–H and O–H groups in total. The van der Waals surface area contributed by atoms with E-state index in [1.54, 1.807) is 23.2 Å². The Balaban J connectivity index is 1.50. The Morgan fingerprint density at radius 3 is 2.72 bits per heavy atom. The zero-order valence-corrected chi connectivity index (χ0v) is 16.5. The third-order valence-electron chi connectivity index (χ3n) is 4.87. The standard InChI is InChI=1S/C19H19N5O4S/c1-10(25)22-11-4-6-24(7-5-11)18(26)15-3-2-14(29-15)13-9-21-17-16(23-13)12(8-20-17)19(27)28/h2-3,8-9,11H,4-7H2,1H3,(H,20,21)(H,22,25)(H,27,28). The number of aromatic amines is 1. The minimum Gasteiger partial charge on any atom is -0.478 e. The molecule has 1 saturated heterocycles. The molecule has 29 heavy (non-hydrogen) atoms. The Morgan fingerprint density at radius 2 is 2.03 bits per heavy atom. The van der Waals surface area contributed by atoms with Crippen molar-refractivity contribution in [3.8, 4) is 10.6 Å². The maximum absolute atomic E-state index is 12.8. The van der Waals surface area contributed by atoms with Crippen molar-refractivity contribution in [2.75, 3.05) is 13.1 Å². The molecule has 0 unspecified atom stereocenters. The molecule has 4 rings (SSSR count). The predicted octanol–water partition coefficient (Wildman–Crippen LogP) is 2.13. The summed E-state index contributed by atoms with van der Waals surface area (Å²) in [5.74, 6) is -1.18. The fourth-order valence-corrected chi connectivity index (χ4v) is 4.36. The maximum Gasteiger partial charge on any atom is 0.339 e. The van der Waals surface area contributed by atoms with E-state index >= 15 is 0 Å². The Morgan fingerprint density at radius 1 is 1.28 bits per heavy atom. The summed E-state index contributed by atoms with van der Waals surface area (Å²) in [6.07, 6.45) is 4.39. The van der Waals surface area contributed by atoms with Gasteiger partial charge in [-0.25, -0.2) is 14.8 Å². The van der Waals surface area contributed by atoms with Crippen molar-refractivity contribution in [1.29, 1.82) is 0 Å². The van der Waals surface area contributed by atoms with Gasteiger partial charge >= 0.3 is 5.97 Å². The van der Waals surface area contributed by atoms with Crippen LogP contribution in [0.15, 0.2) is 24.5 Å². The van der Waals surface area contributed by atoms with Crippen LogP contribution in [0.2, 0.25) is 0 Å². The molecule has 0 bridgehead atoms. The molecule has 0 atom stereocenters. The van der Waals surface area contributed by atoms with E-state index in [9.17, 15) is 19.5 Å². The summed E-state index contributed by atoms with van der Waals surface area (Å²) in [7, 11) is 0. The first-order valence-electron chi connectivity index (χ1n) is 9.16. The highest BCUT2D eigenvalue weighted by atomic mass is 32.1. The number of carboxylic acids is 1. The molecule has 0 aromatic carbocycles. The molecule has 150 valence electrons. The number of thiophene rings is 1. The Labute approximate surface area is 169 Å². The number of aromatic nitrogens is 3. The number of hydrogen-bond acceptors (Lipinski definition) is 6. The van der Waals surface area contributed by atoms with Crippen LogP contribution in [0.25, 0.3) is 21.7 Å². The number of fused-ring (bicyclic) bond motifs is 1. The number of carbonyl (C=O) groups is 3. The molecule has 1 aliphatic rings. The molecule has 0 radical (unpaired) electrons. The van der Waals surface area contributed by atoms with Crippen molar-refractivity contribution in [2.45, 2.75) is 25.8 Å². The minimum absolute atomic E-state index is 0.0515. The molecule has 1 fully saturated rings. The maximum atomic E-state index is 12.8. The Bertz CT molecular complexity index is 1100. The summed E-state index contributed by atoms with van der Waals surface area (Å²) < 4.78 is 0. The topological polar surface area (TPSA) is 128 Å². The van der Waals surface area contributed by atoms with Gasteiger partial charge in [0.25, 0.3) is 5.91 Å². The lowest BCUT2D eigenvalue weighted by molar-refractivity contribution is -0.119. The number of likely N-dealkylation sites (tertiary alicyclic amines) is 1. The van der Waals surface area contributed by atoms with Crippen LogP contribution in [0.3, 0.4) is 0 Å². The second kappa shape index (κ2) is 7.63. The van der Waals surface area contributed by atoms with E-state index in [0.717, 1.165) is 17.7 Å². The second-order valence-corrected chi connectivity index (χ2v) is 7.97. The van der Waals surface area contributed by atoms with Gasteiger partial charge in [-0.05, 0) is 25.0 Å². The van der Waals surface area contributed by atoms with E-state index in [1.165, 1.54) is 24.5 Å². The number of rotatable bonds is 4. The number of carbonyl (C=O) groups excluding carboxylic acids is 2. The Kier molecular flexibility index (Phi) is 5.01. The molecule has 3 aromatic rings. The highest BCUT2D eigenvalue weighted by molar-refractivity contribution is 7.17. The van der Waals surface area contributed by atoms with Crippen LogP contribution in [0.1, 0.15) is 39.8 Å². The van der Waals surface area contributed by atoms with Crippen molar-refractivity contribution in [3.05, 3.63) is 35.0 Å². The third-order valence-corrected chi connectivity index (χ3v) is 5.97. The smallest absolute Gasteiger partial charge is 0.339 e. The first-order chi connectivity index (χ1) is 13.9. The van der Waals surface area contributed by atoms with Gasteiger partial charge in [-0.3, -0.25) is 9.59 Å². The van der Waals surface area contributed by atoms with Crippen LogP contribution in [0.5, 0.6) is 0 Å².